The van der Waals surface area contributed by atoms with Gasteiger partial charge in [-0.2, -0.15) is 0 Å². The Kier molecular flexibility index (Phi) is 4.41. The monoisotopic (exact) mass is 246 g/mol. The fraction of sp³-hybridized carbons (Fsp3) is 0.625. The molecule has 2 rings (SSSR count). The molecule has 1 aliphatic heterocycles. The van der Waals surface area contributed by atoms with Crippen LogP contribution in [0.5, 0.6) is 0 Å². The van der Waals surface area contributed by atoms with E-state index in [2.05, 4.69) is 62.3 Å². The normalized spacial score (nSPS) is 29.4. The molecule has 3 unspecified atom stereocenters. The largest absolute Gasteiger partial charge is 0.310 e. The topological polar surface area (TPSA) is 15.3 Å². The maximum absolute atomic E-state index is 3.74. The number of nitrogens with zero attached hydrogens (tertiary/aromatic N) is 1. The summed E-state index contributed by atoms with van der Waals surface area (Å²) in [5, 5.41) is 3.74. The van der Waals surface area contributed by atoms with Crippen molar-refractivity contribution in [3.8, 4) is 0 Å². The van der Waals surface area contributed by atoms with E-state index >= 15 is 0 Å². The van der Waals surface area contributed by atoms with E-state index in [9.17, 15) is 0 Å². The van der Waals surface area contributed by atoms with Crippen LogP contribution in [0.4, 0.5) is 0 Å². The summed E-state index contributed by atoms with van der Waals surface area (Å²) in [6.45, 7) is 9.03. The molecule has 3 atom stereocenters. The highest BCUT2D eigenvalue weighted by Gasteiger charge is 2.28. The SMILES string of the molecule is Cc1cccc(CNC2CC(C)N(C)CC2C)c1. The zero-order valence-corrected chi connectivity index (χ0v) is 12.1. The van der Waals surface area contributed by atoms with Gasteiger partial charge in [0.15, 0.2) is 0 Å². The summed E-state index contributed by atoms with van der Waals surface area (Å²) in [6, 6.07) is 10.1. The molecule has 0 bridgehead atoms. The third-order valence-corrected chi connectivity index (χ3v) is 4.26. The first kappa shape index (κ1) is 13.6. The molecule has 0 amide bonds. The first-order valence-corrected chi connectivity index (χ1v) is 7.05. The Bertz CT molecular complexity index is 388. The van der Waals surface area contributed by atoms with Crippen molar-refractivity contribution < 1.29 is 0 Å². The van der Waals surface area contributed by atoms with Gasteiger partial charge in [0.25, 0.3) is 0 Å². The lowest BCUT2D eigenvalue weighted by atomic mass is 9.89. The number of likely N-dealkylation sites (tertiary alicyclic amines) is 1. The van der Waals surface area contributed by atoms with Crippen LogP contribution in [0, 0.1) is 12.8 Å². The van der Waals surface area contributed by atoms with E-state index in [0.717, 1.165) is 12.5 Å². The summed E-state index contributed by atoms with van der Waals surface area (Å²) in [5.74, 6) is 0.732. The molecule has 1 fully saturated rings. The van der Waals surface area contributed by atoms with Crippen molar-refractivity contribution in [1.29, 1.82) is 0 Å². The highest BCUT2D eigenvalue weighted by molar-refractivity contribution is 5.22. The molecule has 1 aliphatic rings. The minimum absolute atomic E-state index is 0.650. The van der Waals surface area contributed by atoms with Gasteiger partial charge in [0, 0.05) is 25.2 Å². The number of aryl methyl sites for hydroxylation is 1. The van der Waals surface area contributed by atoms with Gasteiger partial charge in [0.1, 0.15) is 0 Å². The number of nitrogens with one attached hydrogen (secondary N) is 1. The zero-order valence-electron chi connectivity index (χ0n) is 12.1. The molecule has 1 aromatic carbocycles. The summed E-state index contributed by atoms with van der Waals surface area (Å²) in [6.07, 6.45) is 1.25. The van der Waals surface area contributed by atoms with E-state index in [1.165, 1.54) is 24.1 Å². The van der Waals surface area contributed by atoms with Crippen molar-refractivity contribution in [2.75, 3.05) is 13.6 Å². The quantitative estimate of drug-likeness (QED) is 0.882. The van der Waals surface area contributed by atoms with Crippen molar-refractivity contribution in [2.45, 2.75) is 45.8 Å². The second-order valence-corrected chi connectivity index (χ2v) is 5.98. The lowest BCUT2D eigenvalue weighted by molar-refractivity contribution is 0.121. The Morgan fingerprint density at radius 2 is 2.11 bits per heavy atom. The first-order chi connectivity index (χ1) is 8.56. The van der Waals surface area contributed by atoms with Crippen LogP contribution in [0.15, 0.2) is 24.3 Å². The molecule has 18 heavy (non-hydrogen) atoms. The molecule has 1 saturated heterocycles. The molecule has 2 nitrogen and oxygen atoms in total. The average Bonchev–Trinajstić information content (AvgIpc) is 2.32. The summed E-state index contributed by atoms with van der Waals surface area (Å²) < 4.78 is 0. The van der Waals surface area contributed by atoms with E-state index in [0.29, 0.717) is 12.1 Å². The number of hydrogen-bond acceptors (Lipinski definition) is 2. The predicted octanol–water partition coefficient (Wildman–Crippen LogP) is 2.81. The number of piperidine rings is 1. The maximum atomic E-state index is 3.74. The van der Waals surface area contributed by atoms with Gasteiger partial charge >= 0.3 is 0 Å². The molecule has 100 valence electrons. The lowest BCUT2D eigenvalue weighted by Crippen LogP contribution is -2.50. The van der Waals surface area contributed by atoms with E-state index < -0.39 is 0 Å². The Balaban J connectivity index is 1.90. The van der Waals surface area contributed by atoms with E-state index in [1.54, 1.807) is 0 Å². The predicted molar refractivity (Wildman–Crippen MR) is 77.7 cm³/mol. The van der Waals surface area contributed by atoms with Crippen LogP contribution in [-0.4, -0.2) is 30.6 Å². The molecule has 0 aliphatic carbocycles. The second kappa shape index (κ2) is 5.85. The molecule has 0 radical (unpaired) electrons. The van der Waals surface area contributed by atoms with Crippen molar-refractivity contribution in [1.82, 2.24) is 10.2 Å². The molecule has 0 aromatic heterocycles. The Morgan fingerprint density at radius 3 is 2.83 bits per heavy atom. The molecule has 1 heterocycles. The van der Waals surface area contributed by atoms with Gasteiger partial charge in [-0.05, 0) is 38.8 Å². The van der Waals surface area contributed by atoms with Gasteiger partial charge in [-0.1, -0.05) is 36.8 Å². The van der Waals surface area contributed by atoms with Crippen LogP contribution in [0.1, 0.15) is 31.4 Å². The van der Waals surface area contributed by atoms with Crippen molar-refractivity contribution in [3.63, 3.8) is 0 Å². The molecule has 1 N–H and O–H groups in total. The summed E-state index contributed by atoms with van der Waals surface area (Å²) in [4.78, 5) is 2.47. The maximum Gasteiger partial charge on any atom is 0.0208 e. The highest BCUT2D eigenvalue weighted by atomic mass is 15.2. The van der Waals surface area contributed by atoms with Crippen molar-refractivity contribution in [2.24, 2.45) is 5.92 Å². The van der Waals surface area contributed by atoms with Gasteiger partial charge in [0.2, 0.25) is 0 Å². The zero-order chi connectivity index (χ0) is 13.1. The Hall–Kier alpha value is -0.860. The molecule has 2 heteroatoms. The summed E-state index contributed by atoms with van der Waals surface area (Å²) >= 11 is 0. The number of rotatable bonds is 3. The molecule has 0 spiro atoms. The van der Waals surface area contributed by atoms with E-state index in [-0.39, 0.29) is 0 Å². The molecule has 1 aromatic rings. The van der Waals surface area contributed by atoms with Crippen LogP contribution in [0.3, 0.4) is 0 Å². The van der Waals surface area contributed by atoms with Crippen LogP contribution in [0.2, 0.25) is 0 Å². The van der Waals surface area contributed by atoms with Crippen LogP contribution < -0.4 is 5.32 Å². The molecule has 0 saturated carbocycles. The highest BCUT2D eigenvalue weighted by Crippen LogP contribution is 2.21. The molecular formula is C16H26N2. The summed E-state index contributed by atoms with van der Waals surface area (Å²) in [7, 11) is 2.23. The van der Waals surface area contributed by atoms with Gasteiger partial charge in [-0.3, -0.25) is 0 Å². The van der Waals surface area contributed by atoms with Crippen LogP contribution in [-0.2, 0) is 6.54 Å². The van der Waals surface area contributed by atoms with Gasteiger partial charge in [-0.15, -0.1) is 0 Å². The van der Waals surface area contributed by atoms with Crippen LogP contribution >= 0.6 is 0 Å². The third-order valence-electron chi connectivity index (χ3n) is 4.26. The van der Waals surface area contributed by atoms with Crippen molar-refractivity contribution >= 4 is 0 Å². The van der Waals surface area contributed by atoms with Gasteiger partial charge in [-0.25, -0.2) is 0 Å². The number of hydrogen-bond donors (Lipinski definition) is 1. The second-order valence-electron chi connectivity index (χ2n) is 5.98. The third kappa shape index (κ3) is 3.33. The lowest BCUT2D eigenvalue weighted by Gasteiger charge is -2.40. The smallest absolute Gasteiger partial charge is 0.0208 e. The minimum Gasteiger partial charge on any atom is -0.310 e. The summed E-state index contributed by atoms with van der Waals surface area (Å²) in [5.41, 5.74) is 2.74. The van der Waals surface area contributed by atoms with Crippen LogP contribution in [0.25, 0.3) is 0 Å². The van der Waals surface area contributed by atoms with Gasteiger partial charge in [0.05, 0.1) is 0 Å². The average molecular weight is 246 g/mol. The van der Waals surface area contributed by atoms with E-state index in [4.69, 9.17) is 0 Å². The Labute approximate surface area is 111 Å². The van der Waals surface area contributed by atoms with Gasteiger partial charge < -0.3 is 10.2 Å². The fourth-order valence-electron chi connectivity index (χ4n) is 2.90. The first-order valence-electron chi connectivity index (χ1n) is 7.05. The fourth-order valence-corrected chi connectivity index (χ4v) is 2.90. The van der Waals surface area contributed by atoms with E-state index in [1.807, 2.05) is 0 Å². The Morgan fingerprint density at radius 1 is 1.33 bits per heavy atom. The number of benzene rings is 1. The standard InChI is InChI=1S/C16H26N2/c1-12-6-5-7-15(8-12)10-17-16-9-14(3)18(4)11-13(16)2/h5-8,13-14,16-17H,9-11H2,1-4H3. The van der Waals surface area contributed by atoms with Crippen molar-refractivity contribution in [3.05, 3.63) is 35.4 Å². The minimum atomic E-state index is 0.650. The molecular weight excluding hydrogens is 220 g/mol.